The quantitative estimate of drug-likeness (QED) is 0.839. The summed E-state index contributed by atoms with van der Waals surface area (Å²) >= 11 is 5.77. The average molecular weight is 261 g/mol. The van der Waals surface area contributed by atoms with E-state index < -0.39 is 0 Å². The lowest BCUT2D eigenvalue weighted by atomic mass is 10.1. The van der Waals surface area contributed by atoms with Crippen molar-refractivity contribution < 1.29 is 4.74 Å². The Bertz CT molecular complexity index is 636. The van der Waals surface area contributed by atoms with Crippen molar-refractivity contribution in [2.24, 2.45) is 0 Å². The zero-order chi connectivity index (χ0) is 13.1. The molecular formula is C12H9ClN4O. The Hall–Kier alpha value is -2.32. The number of aromatic nitrogens is 2. The maximum Gasteiger partial charge on any atom is 0.247 e. The molecule has 0 saturated heterocycles. The van der Waals surface area contributed by atoms with Crippen molar-refractivity contribution >= 4 is 17.3 Å². The second-order valence-corrected chi connectivity index (χ2v) is 3.94. The number of halogens is 1. The van der Waals surface area contributed by atoms with Gasteiger partial charge in [-0.3, -0.25) is 0 Å². The third-order valence-electron chi connectivity index (χ3n) is 2.32. The Kier molecular flexibility index (Phi) is 3.31. The van der Waals surface area contributed by atoms with E-state index in [2.05, 4.69) is 9.97 Å². The molecule has 0 unspecified atom stereocenters. The Balaban J connectivity index is 2.40. The van der Waals surface area contributed by atoms with E-state index in [1.807, 2.05) is 13.0 Å². The van der Waals surface area contributed by atoms with Gasteiger partial charge in [0.05, 0.1) is 11.6 Å². The SMILES string of the molecule is Cc1ccc(C#N)cc1Oc1ncnc(Cl)c1N. The molecule has 2 aromatic rings. The van der Waals surface area contributed by atoms with Crippen molar-refractivity contribution in [2.75, 3.05) is 5.73 Å². The maximum atomic E-state index is 8.84. The van der Waals surface area contributed by atoms with E-state index in [4.69, 9.17) is 27.3 Å². The van der Waals surface area contributed by atoms with Crippen LogP contribution in [0.3, 0.4) is 0 Å². The smallest absolute Gasteiger partial charge is 0.247 e. The van der Waals surface area contributed by atoms with Gasteiger partial charge in [0.25, 0.3) is 0 Å². The molecule has 2 N–H and O–H groups in total. The van der Waals surface area contributed by atoms with Gasteiger partial charge in [0, 0.05) is 0 Å². The van der Waals surface area contributed by atoms with Gasteiger partial charge in [-0.15, -0.1) is 0 Å². The summed E-state index contributed by atoms with van der Waals surface area (Å²) in [7, 11) is 0. The maximum absolute atomic E-state index is 8.84. The number of nitrogen functional groups attached to an aromatic ring is 1. The highest BCUT2D eigenvalue weighted by Gasteiger charge is 2.10. The Morgan fingerprint density at radius 3 is 2.89 bits per heavy atom. The second-order valence-electron chi connectivity index (χ2n) is 3.58. The lowest BCUT2D eigenvalue weighted by Gasteiger charge is -2.09. The Labute approximate surface area is 109 Å². The van der Waals surface area contributed by atoms with Crippen molar-refractivity contribution in [1.29, 1.82) is 5.26 Å². The molecule has 2 rings (SSSR count). The van der Waals surface area contributed by atoms with Crippen LogP contribution >= 0.6 is 11.6 Å². The third kappa shape index (κ3) is 2.34. The normalized spacial score (nSPS) is 9.83. The molecule has 0 saturated carbocycles. The minimum atomic E-state index is 0.133. The number of hydrogen-bond donors (Lipinski definition) is 1. The van der Waals surface area contributed by atoms with Gasteiger partial charge in [-0.25, -0.2) is 4.98 Å². The van der Waals surface area contributed by atoms with Gasteiger partial charge in [-0.2, -0.15) is 10.2 Å². The zero-order valence-electron chi connectivity index (χ0n) is 9.51. The second kappa shape index (κ2) is 4.90. The van der Waals surface area contributed by atoms with E-state index in [1.54, 1.807) is 18.2 Å². The fourth-order valence-electron chi connectivity index (χ4n) is 1.32. The zero-order valence-corrected chi connectivity index (χ0v) is 10.3. The summed E-state index contributed by atoms with van der Waals surface area (Å²) in [4.78, 5) is 7.64. The van der Waals surface area contributed by atoms with E-state index in [9.17, 15) is 0 Å². The molecule has 1 aromatic heterocycles. The fourth-order valence-corrected chi connectivity index (χ4v) is 1.45. The highest BCUT2D eigenvalue weighted by molar-refractivity contribution is 6.32. The van der Waals surface area contributed by atoms with Gasteiger partial charge in [-0.05, 0) is 24.6 Å². The summed E-state index contributed by atoms with van der Waals surface area (Å²) in [6, 6.07) is 7.14. The monoisotopic (exact) mass is 260 g/mol. The van der Waals surface area contributed by atoms with Crippen molar-refractivity contribution in [3.8, 4) is 17.7 Å². The molecule has 0 aliphatic heterocycles. The number of anilines is 1. The molecule has 0 amide bonds. The predicted octanol–water partition coefficient (Wildman–Crippen LogP) is 2.68. The topological polar surface area (TPSA) is 84.8 Å². The first-order valence-corrected chi connectivity index (χ1v) is 5.44. The molecular weight excluding hydrogens is 252 g/mol. The number of nitriles is 1. The lowest BCUT2D eigenvalue weighted by molar-refractivity contribution is 0.460. The van der Waals surface area contributed by atoms with Gasteiger partial charge in [0.15, 0.2) is 5.15 Å². The molecule has 0 radical (unpaired) electrons. The highest BCUT2D eigenvalue weighted by Crippen LogP contribution is 2.30. The summed E-state index contributed by atoms with van der Waals surface area (Å²) in [6.07, 6.45) is 1.26. The molecule has 90 valence electrons. The predicted molar refractivity (Wildman–Crippen MR) is 67.4 cm³/mol. The molecule has 6 heteroatoms. The van der Waals surface area contributed by atoms with Gasteiger partial charge in [-0.1, -0.05) is 17.7 Å². The van der Waals surface area contributed by atoms with Crippen LogP contribution in [-0.4, -0.2) is 9.97 Å². The van der Waals surface area contributed by atoms with E-state index in [-0.39, 0.29) is 16.7 Å². The molecule has 0 fully saturated rings. The minimum Gasteiger partial charge on any atom is -0.437 e. The van der Waals surface area contributed by atoms with Gasteiger partial charge >= 0.3 is 0 Å². The molecule has 0 atom stereocenters. The van der Waals surface area contributed by atoms with Crippen LogP contribution in [0.15, 0.2) is 24.5 Å². The van der Waals surface area contributed by atoms with Crippen LogP contribution in [0.25, 0.3) is 0 Å². The van der Waals surface area contributed by atoms with Crippen LogP contribution in [0.5, 0.6) is 11.6 Å². The number of aryl methyl sites for hydroxylation is 1. The van der Waals surface area contributed by atoms with Gasteiger partial charge in [0.1, 0.15) is 17.8 Å². The Morgan fingerprint density at radius 2 is 2.17 bits per heavy atom. The number of benzene rings is 1. The number of rotatable bonds is 2. The first-order chi connectivity index (χ1) is 8.61. The molecule has 1 aromatic carbocycles. The lowest BCUT2D eigenvalue weighted by Crippen LogP contribution is -1.98. The molecule has 0 aliphatic rings. The van der Waals surface area contributed by atoms with Crippen molar-refractivity contribution in [3.05, 3.63) is 40.8 Å². The largest absolute Gasteiger partial charge is 0.437 e. The van der Waals surface area contributed by atoms with E-state index in [1.165, 1.54) is 6.33 Å². The first kappa shape index (κ1) is 12.1. The van der Waals surface area contributed by atoms with E-state index in [0.29, 0.717) is 11.3 Å². The summed E-state index contributed by atoms with van der Waals surface area (Å²) < 4.78 is 5.55. The highest BCUT2D eigenvalue weighted by atomic mass is 35.5. The Morgan fingerprint density at radius 1 is 1.39 bits per heavy atom. The van der Waals surface area contributed by atoms with Crippen LogP contribution in [-0.2, 0) is 0 Å². The number of ether oxygens (including phenoxy) is 1. The standard InChI is InChI=1S/C12H9ClN4O/c1-7-2-3-8(5-14)4-9(7)18-12-10(15)11(13)16-6-17-12/h2-4,6H,15H2,1H3. The number of nitrogens with two attached hydrogens (primary N) is 1. The van der Waals surface area contributed by atoms with Crippen LogP contribution in [0.2, 0.25) is 5.15 Å². The summed E-state index contributed by atoms with van der Waals surface area (Å²) in [6.45, 7) is 1.86. The van der Waals surface area contributed by atoms with Crippen molar-refractivity contribution in [1.82, 2.24) is 9.97 Å². The molecule has 18 heavy (non-hydrogen) atoms. The van der Waals surface area contributed by atoms with Crippen molar-refractivity contribution in [3.63, 3.8) is 0 Å². The van der Waals surface area contributed by atoms with Crippen LogP contribution in [0, 0.1) is 18.3 Å². The van der Waals surface area contributed by atoms with Crippen LogP contribution < -0.4 is 10.5 Å². The minimum absolute atomic E-state index is 0.133. The van der Waals surface area contributed by atoms with E-state index in [0.717, 1.165) is 5.56 Å². The first-order valence-electron chi connectivity index (χ1n) is 5.06. The van der Waals surface area contributed by atoms with Gasteiger partial charge < -0.3 is 10.5 Å². The van der Waals surface area contributed by atoms with Crippen molar-refractivity contribution in [2.45, 2.75) is 6.92 Å². The van der Waals surface area contributed by atoms with Gasteiger partial charge in [0.2, 0.25) is 5.88 Å². The number of nitrogens with zero attached hydrogens (tertiary/aromatic N) is 3. The summed E-state index contributed by atoms with van der Waals surface area (Å²) in [5.74, 6) is 0.684. The number of hydrogen-bond acceptors (Lipinski definition) is 5. The van der Waals surface area contributed by atoms with Crippen LogP contribution in [0.1, 0.15) is 11.1 Å². The van der Waals surface area contributed by atoms with Crippen LogP contribution in [0.4, 0.5) is 5.69 Å². The molecule has 0 aliphatic carbocycles. The third-order valence-corrected chi connectivity index (χ3v) is 2.62. The van der Waals surface area contributed by atoms with E-state index >= 15 is 0 Å². The molecule has 5 nitrogen and oxygen atoms in total. The molecule has 0 bridgehead atoms. The summed E-state index contributed by atoms with van der Waals surface area (Å²) in [5.41, 5.74) is 7.23. The average Bonchev–Trinajstić information content (AvgIpc) is 2.37. The molecule has 0 spiro atoms. The molecule has 1 heterocycles. The summed E-state index contributed by atoms with van der Waals surface area (Å²) in [5, 5.41) is 8.97. The fraction of sp³-hybridized carbons (Fsp3) is 0.0833.